The summed E-state index contributed by atoms with van der Waals surface area (Å²) in [5.74, 6) is 0.928. The molecule has 1 atom stereocenters. The summed E-state index contributed by atoms with van der Waals surface area (Å²) in [4.78, 5) is 19.3. The van der Waals surface area contributed by atoms with Gasteiger partial charge in [-0.3, -0.25) is 0 Å². The minimum absolute atomic E-state index is 0.151. The fraction of sp³-hybridized carbons (Fsp3) is 0.286. The van der Waals surface area contributed by atoms with Crippen LogP contribution >= 0.6 is 11.6 Å². The van der Waals surface area contributed by atoms with E-state index >= 15 is 0 Å². The summed E-state index contributed by atoms with van der Waals surface area (Å²) < 4.78 is 5.53. The van der Waals surface area contributed by atoms with E-state index in [9.17, 15) is 4.79 Å². The van der Waals surface area contributed by atoms with Gasteiger partial charge in [0.2, 0.25) is 11.7 Å². The van der Waals surface area contributed by atoms with Crippen LogP contribution < -0.4 is 5.32 Å². The predicted molar refractivity (Wildman–Crippen MR) is 108 cm³/mol. The third kappa shape index (κ3) is 3.87. The number of para-hydroxylation sites is 1. The number of rotatable bonds is 3. The molecular weight excluding hydrogens is 376 g/mol. The Balaban J connectivity index is 1.56. The van der Waals surface area contributed by atoms with E-state index in [1.54, 1.807) is 17.0 Å². The average molecular weight is 397 g/mol. The first kappa shape index (κ1) is 18.5. The third-order valence-corrected chi connectivity index (χ3v) is 5.20. The van der Waals surface area contributed by atoms with Crippen molar-refractivity contribution in [2.45, 2.75) is 32.2 Å². The zero-order chi connectivity index (χ0) is 19.5. The van der Waals surface area contributed by atoms with Crippen LogP contribution in [0.5, 0.6) is 0 Å². The molecule has 7 heteroatoms. The van der Waals surface area contributed by atoms with E-state index in [0.717, 1.165) is 36.1 Å². The largest absolute Gasteiger partial charge is 0.337 e. The normalized spacial score (nSPS) is 16.8. The minimum Gasteiger partial charge on any atom is -0.337 e. The smallest absolute Gasteiger partial charge is 0.322 e. The number of piperidine rings is 1. The second-order valence-corrected chi connectivity index (χ2v) is 7.35. The molecule has 3 aromatic rings. The molecule has 2 aromatic carbocycles. The highest BCUT2D eigenvalue weighted by atomic mass is 35.5. The summed E-state index contributed by atoms with van der Waals surface area (Å²) in [6, 6.07) is 14.6. The molecule has 6 nitrogen and oxygen atoms in total. The lowest BCUT2D eigenvalue weighted by atomic mass is 10.0. The topological polar surface area (TPSA) is 71.3 Å². The van der Waals surface area contributed by atoms with Crippen molar-refractivity contribution in [1.82, 2.24) is 15.0 Å². The average Bonchev–Trinajstić information content (AvgIpc) is 3.20. The van der Waals surface area contributed by atoms with Crippen molar-refractivity contribution in [1.29, 1.82) is 0 Å². The van der Waals surface area contributed by atoms with Crippen LogP contribution in [0.15, 0.2) is 53.1 Å². The summed E-state index contributed by atoms with van der Waals surface area (Å²) in [6.07, 6.45) is 2.75. The Kier molecular flexibility index (Phi) is 5.30. The van der Waals surface area contributed by atoms with Crippen LogP contribution in [0.4, 0.5) is 10.5 Å². The van der Waals surface area contributed by atoms with Crippen molar-refractivity contribution >= 4 is 23.3 Å². The molecule has 0 unspecified atom stereocenters. The van der Waals surface area contributed by atoms with E-state index in [1.165, 1.54) is 0 Å². The van der Waals surface area contributed by atoms with Gasteiger partial charge in [0.05, 0.1) is 0 Å². The first-order chi connectivity index (χ1) is 13.6. The number of hydrogen-bond acceptors (Lipinski definition) is 4. The summed E-state index contributed by atoms with van der Waals surface area (Å²) in [5, 5.41) is 7.71. The Morgan fingerprint density at radius 3 is 2.89 bits per heavy atom. The Morgan fingerprint density at radius 1 is 1.21 bits per heavy atom. The van der Waals surface area contributed by atoms with Gasteiger partial charge in [-0.15, -0.1) is 0 Å². The summed E-state index contributed by atoms with van der Waals surface area (Å²) in [7, 11) is 0. The molecule has 1 saturated heterocycles. The van der Waals surface area contributed by atoms with E-state index in [4.69, 9.17) is 16.1 Å². The van der Waals surface area contributed by atoms with Crippen molar-refractivity contribution in [3.63, 3.8) is 0 Å². The zero-order valence-electron chi connectivity index (χ0n) is 15.6. The molecule has 1 aromatic heterocycles. The first-order valence-electron chi connectivity index (χ1n) is 9.34. The van der Waals surface area contributed by atoms with Crippen molar-refractivity contribution in [2.24, 2.45) is 0 Å². The summed E-state index contributed by atoms with van der Waals surface area (Å²) in [5.41, 5.74) is 2.61. The third-order valence-electron chi connectivity index (χ3n) is 4.96. The second-order valence-electron chi connectivity index (χ2n) is 6.92. The van der Waals surface area contributed by atoms with Crippen LogP contribution in [0.3, 0.4) is 0 Å². The van der Waals surface area contributed by atoms with Gasteiger partial charge in [0.15, 0.2) is 0 Å². The predicted octanol–water partition coefficient (Wildman–Crippen LogP) is 5.46. The maximum Gasteiger partial charge on any atom is 0.322 e. The number of amides is 2. The molecule has 2 amide bonds. The highest BCUT2D eigenvalue weighted by Crippen LogP contribution is 2.32. The molecule has 28 heavy (non-hydrogen) atoms. The Bertz CT molecular complexity index is 988. The van der Waals surface area contributed by atoms with Gasteiger partial charge in [0.1, 0.15) is 6.04 Å². The van der Waals surface area contributed by atoms with Crippen molar-refractivity contribution in [3.8, 4) is 11.4 Å². The molecule has 0 spiro atoms. The Morgan fingerprint density at radius 2 is 2.07 bits per heavy atom. The Hall–Kier alpha value is -2.86. The molecule has 4 rings (SSSR count). The van der Waals surface area contributed by atoms with Crippen LogP contribution in [0.1, 0.15) is 36.8 Å². The number of carbonyl (C=O) groups excluding carboxylic acids is 1. The van der Waals surface area contributed by atoms with Crippen molar-refractivity contribution in [2.75, 3.05) is 11.9 Å². The molecule has 0 saturated carbocycles. The number of carbonyl (C=O) groups is 1. The lowest BCUT2D eigenvalue weighted by Crippen LogP contribution is -2.41. The van der Waals surface area contributed by atoms with Gasteiger partial charge >= 0.3 is 6.03 Å². The molecule has 1 aliphatic rings. The second kappa shape index (κ2) is 8.02. The first-order valence-corrected chi connectivity index (χ1v) is 9.72. The van der Waals surface area contributed by atoms with Gasteiger partial charge in [0, 0.05) is 22.8 Å². The lowest BCUT2D eigenvalue weighted by Gasteiger charge is -2.33. The van der Waals surface area contributed by atoms with Crippen LogP contribution in [0.2, 0.25) is 5.02 Å². The van der Waals surface area contributed by atoms with Gasteiger partial charge in [0.25, 0.3) is 0 Å². The van der Waals surface area contributed by atoms with Gasteiger partial charge in [-0.1, -0.05) is 47.1 Å². The number of aryl methyl sites for hydroxylation is 1. The Labute approximate surface area is 168 Å². The van der Waals surface area contributed by atoms with E-state index in [2.05, 4.69) is 15.5 Å². The van der Waals surface area contributed by atoms with E-state index in [1.807, 2.05) is 43.3 Å². The van der Waals surface area contributed by atoms with Crippen LogP contribution in [-0.2, 0) is 0 Å². The van der Waals surface area contributed by atoms with E-state index < -0.39 is 0 Å². The summed E-state index contributed by atoms with van der Waals surface area (Å²) >= 11 is 6.06. The molecular formula is C21H21ClN4O2. The van der Waals surface area contributed by atoms with Gasteiger partial charge in [-0.05, 0) is 49.9 Å². The van der Waals surface area contributed by atoms with Crippen LogP contribution in [0, 0.1) is 6.92 Å². The minimum atomic E-state index is -0.238. The van der Waals surface area contributed by atoms with Crippen molar-refractivity contribution < 1.29 is 9.32 Å². The molecule has 2 heterocycles. The fourth-order valence-corrected chi connectivity index (χ4v) is 3.64. The molecule has 1 fully saturated rings. The highest BCUT2D eigenvalue weighted by molar-refractivity contribution is 6.30. The standard InChI is InChI=1S/C21H21ClN4O2/c1-14-7-2-3-10-17(14)23-21(27)26-12-5-4-11-18(26)20-24-19(25-28-20)15-8-6-9-16(22)13-15/h2-3,6-10,13,18H,4-5,11-12H2,1H3,(H,23,27)/t18-/m1/s1. The maximum atomic E-state index is 12.9. The number of hydrogen-bond donors (Lipinski definition) is 1. The molecule has 0 bridgehead atoms. The number of nitrogens with one attached hydrogen (secondary N) is 1. The van der Waals surface area contributed by atoms with Gasteiger partial charge in [-0.25, -0.2) is 4.79 Å². The van der Waals surface area contributed by atoms with Crippen LogP contribution in [0.25, 0.3) is 11.4 Å². The van der Waals surface area contributed by atoms with Crippen LogP contribution in [-0.4, -0.2) is 27.6 Å². The van der Waals surface area contributed by atoms with Gasteiger partial charge in [-0.2, -0.15) is 4.98 Å². The number of aromatic nitrogens is 2. The van der Waals surface area contributed by atoms with E-state index in [-0.39, 0.29) is 12.1 Å². The number of nitrogens with zero attached hydrogens (tertiary/aromatic N) is 3. The molecule has 0 radical (unpaired) electrons. The monoisotopic (exact) mass is 396 g/mol. The van der Waals surface area contributed by atoms with Crippen molar-refractivity contribution in [3.05, 3.63) is 65.0 Å². The fourth-order valence-electron chi connectivity index (χ4n) is 3.45. The van der Waals surface area contributed by atoms with Gasteiger partial charge < -0.3 is 14.7 Å². The van der Waals surface area contributed by atoms with E-state index in [0.29, 0.717) is 23.3 Å². The quantitative estimate of drug-likeness (QED) is 0.638. The summed E-state index contributed by atoms with van der Waals surface area (Å²) in [6.45, 7) is 2.62. The lowest BCUT2D eigenvalue weighted by molar-refractivity contribution is 0.142. The number of likely N-dealkylation sites (tertiary alicyclic amines) is 1. The zero-order valence-corrected chi connectivity index (χ0v) is 16.3. The number of benzene rings is 2. The molecule has 1 aliphatic heterocycles. The maximum absolute atomic E-state index is 12.9. The number of anilines is 1. The highest BCUT2D eigenvalue weighted by Gasteiger charge is 2.32. The molecule has 1 N–H and O–H groups in total. The SMILES string of the molecule is Cc1ccccc1NC(=O)N1CCCC[C@@H]1c1nc(-c2cccc(Cl)c2)no1. The number of urea groups is 1. The number of halogens is 1. The molecule has 144 valence electrons. The molecule has 0 aliphatic carbocycles.